The number of nitrogens with two attached hydrogens (primary N) is 2. The summed E-state index contributed by atoms with van der Waals surface area (Å²) in [4.78, 5) is 89.3. The molecule has 4 saturated carbocycles. The summed E-state index contributed by atoms with van der Waals surface area (Å²) < 4.78 is 64.2. The van der Waals surface area contributed by atoms with E-state index in [2.05, 4.69) is 55.3 Å². The number of aromatic nitrogens is 3. The summed E-state index contributed by atoms with van der Waals surface area (Å²) in [7, 11) is 0. The summed E-state index contributed by atoms with van der Waals surface area (Å²) in [5, 5.41) is 13.6. The predicted molar refractivity (Wildman–Crippen MR) is 408 cm³/mol. The molecule has 27 heteroatoms. The molecule has 5 fully saturated rings. The molecule has 0 radical (unpaired) electrons. The lowest BCUT2D eigenvalue weighted by Gasteiger charge is -2.61. The minimum absolute atomic E-state index is 0.0564. The van der Waals surface area contributed by atoms with Crippen molar-refractivity contribution in [3.8, 4) is 11.3 Å². The number of hydrogen-bond donors (Lipinski definition) is 4. The third-order valence-corrected chi connectivity index (χ3v) is 22.7. The van der Waals surface area contributed by atoms with Gasteiger partial charge in [-0.1, -0.05) is 74.7 Å². The van der Waals surface area contributed by atoms with Gasteiger partial charge in [-0.05, 0) is 173 Å². The van der Waals surface area contributed by atoms with Crippen LogP contribution in [0.25, 0.3) is 16.9 Å². The van der Waals surface area contributed by atoms with E-state index in [0.717, 1.165) is 65.9 Å². The van der Waals surface area contributed by atoms with Crippen LogP contribution in [0.3, 0.4) is 0 Å². The average Bonchev–Trinajstić information content (AvgIpc) is 1.68. The zero-order valence-corrected chi connectivity index (χ0v) is 66.3. The van der Waals surface area contributed by atoms with Crippen LogP contribution >= 0.6 is 0 Å². The number of aliphatic imine (C=N–C) groups is 1. The normalized spacial score (nSPS) is 23.4. The molecule has 0 spiro atoms. The molecule has 3 aromatic rings. The smallest absolute Gasteiger partial charge is 0.308 e. The predicted octanol–water partition coefficient (Wildman–Crippen LogP) is 9.34. The fourth-order valence-electron chi connectivity index (χ4n) is 17.1. The number of rotatable bonds is 42. The SMILES string of the molecule is CCOCCOCCOCCC(=O)N[C@@H](CC(=O)O[C@H]1CC[C@@]2(C)C(CCC3C2CC[C@@]2(C)C3CC[C@@H]2[C@H](C)CCCC(C)C)C1)C(N)=O.CCOCCOCCOCCOCCOCCNC(=O)CN=CC(=NN)C(=O)N1CCN(C(=O)c2cn3nc(-c4ccc(F)cc4)cc(C(C)(C)C)c3n2)C(C)(C)C1. The van der Waals surface area contributed by atoms with Crippen molar-refractivity contribution in [1.82, 2.24) is 35.0 Å². The number of nitrogens with zero attached hydrogens (tertiary/aromatic N) is 7. The van der Waals surface area contributed by atoms with E-state index in [1.165, 1.54) is 76.1 Å². The fourth-order valence-corrected chi connectivity index (χ4v) is 17.1. The molecule has 1 aromatic carbocycles. The highest BCUT2D eigenvalue weighted by Gasteiger charge is 2.61. The lowest BCUT2D eigenvalue weighted by atomic mass is 9.44. The molecule has 1 saturated heterocycles. The first kappa shape index (κ1) is 87.6. The number of hydrogen-bond acceptors (Lipinski definition) is 20. The number of primary amides is 1. The Hall–Kier alpha value is -6.59. The van der Waals surface area contributed by atoms with Crippen LogP contribution in [-0.2, 0) is 72.0 Å². The van der Waals surface area contributed by atoms with Crippen molar-refractivity contribution in [2.24, 2.45) is 73.9 Å². The van der Waals surface area contributed by atoms with Crippen molar-refractivity contribution in [2.75, 3.05) is 138 Å². The van der Waals surface area contributed by atoms with Crippen LogP contribution in [0, 0.1) is 58.1 Å². The third-order valence-electron chi connectivity index (χ3n) is 22.7. The number of imidazole rings is 1. The second kappa shape index (κ2) is 43.1. The molecule has 10 atom stereocenters. The lowest BCUT2D eigenvalue weighted by Crippen LogP contribution is -2.63. The number of ether oxygens (including phenoxy) is 9. The summed E-state index contributed by atoms with van der Waals surface area (Å²) in [6, 6.07) is 6.90. The van der Waals surface area contributed by atoms with Gasteiger partial charge in [0.15, 0.2) is 11.4 Å². The summed E-state index contributed by atoms with van der Waals surface area (Å²) in [6.45, 7) is 34.2. The van der Waals surface area contributed by atoms with Gasteiger partial charge < -0.3 is 74.6 Å². The number of benzene rings is 1. The first-order chi connectivity index (χ1) is 51.1. The zero-order chi connectivity index (χ0) is 77.7. The average molecular weight is 1500 g/mol. The highest BCUT2D eigenvalue weighted by atomic mass is 19.1. The number of fused-ring (bicyclic) bond motifs is 6. The van der Waals surface area contributed by atoms with E-state index in [-0.39, 0.29) is 99.3 Å². The molecule has 4 unspecified atom stereocenters. The first-order valence-corrected chi connectivity index (χ1v) is 39.4. The molecular weight excluding hydrogens is 1370 g/mol. The number of halogens is 1. The minimum atomic E-state index is -1.10. The van der Waals surface area contributed by atoms with Crippen molar-refractivity contribution in [3.05, 3.63) is 53.6 Å². The summed E-state index contributed by atoms with van der Waals surface area (Å²) in [6.07, 6.45) is 17.4. The molecule has 600 valence electrons. The van der Waals surface area contributed by atoms with E-state index in [0.29, 0.717) is 121 Å². The van der Waals surface area contributed by atoms with E-state index >= 15 is 0 Å². The number of piperazine rings is 1. The molecule has 6 N–H and O–H groups in total. The summed E-state index contributed by atoms with van der Waals surface area (Å²) in [5.74, 6) is 7.96. The molecule has 26 nitrogen and oxygen atoms in total. The Morgan fingerprint density at radius 1 is 0.729 bits per heavy atom. The van der Waals surface area contributed by atoms with Crippen molar-refractivity contribution in [1.29, 1.82) is 0 Å². The van der Waals surface area contributed by atoms with Crippen LogP contribution in [0.1, 0.15) is 189 Å². The molecule has 5 aliphatic rings. The van der Waals surface area contributed by atoms with Gasteiger partial charge in [0.2, 0.25) is 17.7 Å². The number of carbonyl (C=O) groups excluding carboxylic acids is 6. The van der Waals surface area contributed by atoms with Crippen LogP contribution in [0.15, 0.2) is 46.6 Å². The largest absolute Gasteiger partial charge is 0.462 e. The zero-order valence-electron chi connectivity index (χ0n) is 66.3. The van der Waals surface area contributed by atoms with E-state index < -0.39 is 35.3 Å². The maximum Gasteiger partial charge on any atom is 0.308 e. The number of esters is 1. The van der Waals surface area contributed by atoms with Gasteiger partial charge in [0.05, 0.1) is 123 Å². The van der Waals surface area contributed by atoms with E-state index in [9.17, 15) is 33.2 Å². The Labute approximate surface area is 634 Å². The highest BCUT2D eigenvalue weighted by molar-refractivity contribution is 6.60. The number of amides is 5. The second-order valence-corrected chi connectivity index (χ2v) is 32.0. The van der Waals surface area contributed by atoms with Gasteiger partial charge >= 0.3 is 5.97 Å². The standard InChI is InChI=1S/C40H58FN9O8.C40H70N2O7/c1-7-54-16-17-56-20-21-58-23-22-57-19-18-55-15-12-44-35(51)26-43-25-33(46-42)37(52)48-13-14-49(40(5,6)28-48)38(53)34-27-50-36(45-34)31(39(2,3)4)24-32(47-50)29-8-10-30(41)11-9-29;1-7-46-21-22-48-24-23-47-20-17-36(43)42-35(38(41)45)26-37(44)49-30-15-18-39(5)29(25-30)11-12-31-33-14-13-32(28(4)10-8-9-27(2)3)40(33,6)19-16-34(31)39/h8-11,24-25,27H,7,12-23,26,28,42H2,1-6H3,(H,44,51);27-35H,7-26H2,1-6H3,(H2,41,45)(H,42,43)/t;28-,29?,30+,31?,32-,33?,34?,35+,39+,40-/m.1/s1. The van der Waals surface area contributed by atoms with Gasteiger partial charge in [-0.2, -0.15) is 10.2 Å². The molecule has 2 aromatic heterocycles. The molecule has 3 heterocycles. The molecule has 107 heavy (non-hydrogen) atoms. The van der Waals surface area contributed by atoms with Crippen LogP contribution < -0.4 is 22.2 Å². The van der Waals surface area contributed by atoms with Gasteiger partial charge in [-0.3, -0.25) is 33.8 Å². The summed E-state index contributed by atoms with van der Waals surface area (Å²) in [5.41, 5.74) is 8.08. The molecule has 4 aliphatic carbocycles. The minimum Gasteiger partial charge on any atom is -0.462 e. The van der Waals surface area contributed by atoms with Gasteiger partial charge in [0.1, 0.15) is 30.2 Å². The van der Waals surface area contributed by atoms with Crippen molar-refractivity contribution >= 4 is 53.1 Å². The van der Waals surface area contributed by atoms with E-state index in [4.69, 9.17) is 64.3 Å². The molecule has 8 rings (SSSR count). The van der Waals surface area contributed by atoms with Crippen LogP contribution in [-0.4, -0.2) is 228 Å². The Morgan fingerprint density at radius 2 is 1.33 bits per heavy atom. The Bertz CT molecular complexity index is 3350. The number of nitrogens with one attached hydrogen (secondary N) is 2. The second-order valence-electron chi connectivity index (χ2n) is 32.0. The van der Waals surface area contributed by atoms with E-state index in [1.807, 2.05) is 54.5 Å². The molecule has 1 aliphatic heterocycles. The van der Waals surface area contributed by atoms with Crippen LogP contribution in [0.5, 0.6) is 0 Å². The number of hydrazone groups is 1. The highest BCUT2D eigenvalue weighted by Crippen LogP contribution is 2.68. The van der Waals surface area contributed by atoms with Gasteiger partial charge in [-0.25, -0.2) is 13.9 Å². The first-order valence-electron chi connectivity index (χ1n) is 39.4. The fraction of sp³-hybridized carbons (Fsp3) is 0.750. The van der Waals surface area contributed by atoms with Gasteiger partial charge in [0.25, 0.3) is 11.8 Å². The van der Waals surface area contributed by atoms with Crippen molar-refractivity contribution in [2.45, 2.75) is 196 Å². The Morgan fingerprint density at radius 3 is 1.92 bits per heavy atom. The maximum absolute atomic E-state index is 14.0. The molecule has 0 bridgehead atoms. The third kappa shape index (κ3) is 26.0. The number of carbonyl (C=O) groups is 6. The van der Waals surface area contributed by atoms with E-state index in [1.54, 1.807) is 32.6 Å². The summed E-state index contributed by atoms with van der Waals surface area (Å²) >= 11 is 0. The molecule has 5 amide bonds. The Kier molecular flexibility index (Phi) is 35.3. The van der Waals surface area contributed by atoms with Crippen LogP contribution in [0.4, 0.5) is 4.39 Å². The van der Waals surface area contributed by atoms with Crippen molar-refractivity contribution < 1.29 is 75.8 Å². The Balaban J connectivity index is 0.000000302. The maximum atomic E-state index is 14.0. The van der Waals surface area contributed by atoms with Gasteiger partial charge in [0, 0.05) is 56.9 Å². The van der Waals surface area contributed by atoms with Crippen molar-refractivity contribution in [3.63, 3.8) is 0 Å². The lowest BCUT2D eigenvalue weighted by molar-refractivity contribution is -0.163. The monoisotopic (exact) mass is 1500 g/mol. The quantitative estimate of drug-likeness (QED) is 0.0135. The molecular formula is C80H128FN11O15. The van der Waals surface area contributed by atoms with Gasteiger partial charge in [-0.15, -0.1) is 0 Å². The topological polar surface area (TPSA) is 323 Å². The van der Waals surface area contributed by atoms with Crippen LogP contribution in [0.2, 0.25) is 0 Å².